The SMILES string of the molecule is Cc1ccccc1-c1ccnc(-n2c3[c-]c(N(c4[c-]c(-n5[cH+]n(C(C)(C)C)c6ccccc65)ccc4)c4c(-c5ccccc5)cccc4-c4ccccc4)ccc3c3ccccc32)c1.[Pt]. The van der Waals surface area contributed by atoms with Crippen LogP contribution in [0.25, 0.3) is 77.7 Å². The van der Waals surface area contributed by atoms with Gasteiger partial charge in [0.15, 0.2) is 17.4 Å². The zero-order valence-electron chi connectivity index (χ0n) is 36.7. The normalized spacial score (nSPS) is 11.6. The smallest absolute Gasteiger partial charge is 0.188 e. The molecule has 11 rings (SSSR count). The maximum atomic E-state index is 5.04. The Kier molecular flexibility index (Phi) is 10.9. The van der Waals surface area contributed by atoms with Gasteiger partial charge in [-0.3, -0.25) is 0 Å². The Hall–Kier alpha value is -7.33. The first-order valence-corrected chi connectivity index (χ1v) is 21.9. The number of anilines is 3. The van der Waals surface area contributed by atoms with Crippen molar-refractivity contribution >= 4 is 49.9 Å². The summed E-state index contributed by atoms with van der Waals surface area (Å²) in [6, 6.07) is 77.0. The molecule has 0 bridgehead atoms. The van der Waals surface area contributed by atoms with E-state index in [2.05, 4.69) is 259 Å². The number of aromatic nitrogens is 4. The third kappa shape index (κ3) is 7.46. The topological polar surface area (TPSA) is 30.9 Å². The summed E-state index contributed by atoms with van der Waals surface area (Å²) in [5.41, 5.74) is 15.8. The van der Waals surface area contributed by atoms with Gasteiger partial charge < -0.3 is 9.47 Å². The molecule has 11 aromatic rings. The Balaban J connectivity index is 0.00000498. The van der Waals surface area contributed by atoms with Crippen molar-refractivity contribution in [3.05, 3.63) is 224 Å². The van der Waals surface area contributed by atoms with Crippen molar-refractivity contribution in [2.75, 3.05) is 4.90 Å². The van der Waals surface area contributed by atoms with Crippen LogP contribution in [0.1, 0.15) is 26.3 Å². The maximum Gasteiger partial charge on any atom is 0.188 e. The van der Waals surface area contributed by atoms with E-state index in [1.807, 2.05) is 6.20 Å². The number of imidazole rings is 1. The molecule has 6 heteroatoms. The van der Waals surface area contributed by atoms with Gasteiger partial charge in [-0.1, -0.05) is 144 Å². The molecule has 0 aliphatic carbocycles. The van der Waals surface area contributed by atoms with Crippen LogP contribution in [-0.2, 0) is 26.6 Å². The Morgan fingerprint density at radius 1 is 0.523 bits per heavy atom. The van der Waals surface area contributed by atoms with Gasteiger partial charge in [0.25, 0.3) is 0 Å². The fourth-order valence-electron chi connectivity index (χ4n) is 9.27. The number of para-hydroxylation sites is 4. The molecular weight excluding hydrogens is 974 g/mol. The van der Waals surface area contributed by atoms with Crippen molar-refractivity contribution in [3.63, 3.8) is 0 Å². The molecule has 3 heterocycles. The molecule has 0 unspecified atom stereocenters. The third-order valence-corrected chi connectivity index (χ3v) is 12.3. The van der Waals surface area contributed by atoms with Crippen LogP contribution in [0.2, 0.25) is 0 Å². The van der Waals surface area contributed by atoms with Crippen LogP contribution in [0.3, 0.4) is 0 Å². The van der Waals surface area contributed by atoms with Gasteiger partial charge >= 0.3 is 0 Å². The van der Waals surface area contributed by atoms with E-state index < -0.39 is 0 Å². The van der Waals surface area contributed by atoms with Crippen LogP contribution in [0.4, 0.5) is 17.1 Å². The molecular formula is C59H46N5Pt-. The first-order valence-electron chi connectivity index (χ1n) is 21.9. The van der Waals surface area contributed by atoms with Gasteiger partial charge in [0.2, 0.25) is 0 Å². The minimum Gasteiger partial charge on any atom is -0.357 e. The van der Waals surface area contributed by atoms with E-state index in [-0.39, 0.29) is 26.6 Å². The molecule has 0 saturated carbocycles. The van der Waals surface area contributed by atoms with Gasteiger partial charge in [0.1, 0.15) is 5.82 Å². The number of benzene rings is 8. The third-order valence-electron chi connectivity index (χ3n) is 12.3. The number of nitrogens with zero attached hydrogens (tertiary/aromatic N) is 5. The molecule has 0 aliphatic heterocycles. The van der Waals surface area contributed by atoms with Crippen molar-refractivity contribution in [1.82, 2.24) is 18.7 Å². The largest absolute Gasteiger partial charge is 0.357 e. The van der Waals surface area contributed by atoms with E-state index in [0.29, 0.717) is 0 Å². The van der Waals surface area contributed by atoms with E-state index in [0.717, 1.165) is 89.2 Å². The number of fused-ring (bicyclic) bond motifs is 4. The predicted molar refractivity (Wildman–Crippen MR) is 266 cm³/mol. The van der Waals surface area contributed by atoms with E-state index in [4.69, 9.17) is 4.98 Å². The minimum atomic E-state index is -0.134. The van der Waals surface area contributed by atoms with Gasteiger partial charge in [-0.15, -0.1) is 29.7 Å². The molecule has 65 heavy (non-hydrogen) atoms. The first-order chi connectivity index (χ1) is 31.3. The summed E-state index contributed by atoms with van der Waals surface area (Å²) in [6.45, 7) is 8.90. The number of hydrogen-bond donors (Lipinski definition) is 0. The Labute approximate surface area is 394 Å². The fraction of sp³-hybridized carbons (Fsp3) is 0.0847. The summed E-state index contributed by atoms with van der Waals surface area (Å²) in [6.07, 6.45) is 4.14. The summed E-state index contributed by atoms with van der Waals surface area (Å²) in [5.74, 6) is 0.835. The molecule has 0 N–H and O–H groups in total. The molecule has 8 aromatic carbocycles. The monoisotopic (exact) mass is 1020 g/mol. The summed E-state index contributed by atoms with van der Waals surface area (Å²) >= 11 is 0. The molecule has 318 valence electrons. The summed E-state index contributed by atoms with van der Waals surface area (Å²) in [4.78, 5) is 7.40. The van der Waals surface area contributed by atoms with Crippen LogP contribution in [0.15, 0.2) is 207 Å². The molecule has 0 atom stereocenters. The number of aryl methyl sites for hydroxylation is 1. The molecule has 0 radical (unpaired) electrons. The first kappa shape index (κ1) is 41.7. The number of pyridine rings is 1. The van der Waals surface area contributed by atoms with Gasteiger partial charge in [-0.25, -0.2) is 14.1 Å². The van der Waals surface area contributed by atoms with E-state index in [1.165, 1.54) is 11.1 Å². The maximum absolute atomic E-state index is 5.04. The minimum absolute atomic E-state index is 0. The Bertz CT molecular complexity index is 3450. The zero-order valence-corrected chi connectivity index (χ0v) is 39.0. The van der Waals surface area contributed by atoms with Crippen molar-refractivity contribution < 1.29 is 21.1 Å². The molecule has 0 amide bonds. The molecule has 0 fully saturated rings. The summed E-state index contributed by atoms with van der Waals surface area (Å²) < 4.78 is 6.88. The van der Waals surface area contributed by atoms with Gasteiger partial charge in [0.05, 0.1) is 11.2 Å². The Morgan fingerprint density at radius 2 is 1.12 bits per heavy atom. The predicted octanol–water partition coefficient (Wildman–Crippen LogP) is 15.3. The Morgan fingerprint density at radius 3 is 1.83 bits per heavy atom. The van der Waals surface area contributed by atoms with Crippen LogP contribution < -0.4 is 4.90 Å². The van der Waals surface area contributed by atoms with E-state index in [9.17, 15) is 0 Å². The van der Waals surface area contributed by atoms with Crippen molar-refractivity contribution in [3.8, 4) is 44.9 Å². The number of hydrogen-bond acceptors (Lipinski definition) is 2. The quantitative estimate of drug-likeness (QED) is 0.142. The average molecular weight is 1020 g/mol. The fourth-order valence-corrected chi connectivity index (χ4v) is 9.27. The number of rotatable bonds is 8. The molecule has 5 nitrogen and oxygen atoms in total. The van der Waals surface area contributed by atoms with Gasteiger partial charge in [-0.05, 0) is 91.2 Å². The van der Waals surface area contributed by atoms with Crippen LogP contribution in [-0.4, -0.2) is 18.7 Å². The van der Waals surface area contributed by atoms with Crippen molar-refractivity contribution in [2.24, 2.45) is 0 Å². The molecule has 3 aromatic heterocycles. The van der Waals surface area contributed by atoms with Gasteiger partial charge in [-0.2, -0.15) is 12.1 Å². The summed E-state index contributed by atoms with van der Waals surface area (Å²) in [7, 11) is 0. The van der Waals surface area contributed by atoms with Gasteiger partial charge in [0, 0.05) is 61.7 Å². The second-order valence-corrected chi connectivity index (χ2v) is 17.4. The molecule has 0 aliphatic rings. The zero-order chi connectivity index (χ0) is 43.4. The van der Waals surface area contributed by atoms with Crippen LogP contribution in [0, 0.1) is 19.1 Å². The molecule has 0 saturated heterocycles. The van der Waals surface area contributed by atoms with Crippen LogP contribution in [0.5, 0.6) is 0 Å². The molecule has 0 spiro atoms. The second-order valence-electron chi connectivity index (χ2n) is 17.4. The van der Waals surface area contributed by atoms with Crippen molar-refractivity contribution in [2.45, 2.75) is 33.2 Å². The van der Waals surface area contributed by atoms with E-state index >= 15 is 0 Å². The second kappa shape index (κ2) is 17.0. The van der Waals surface area contributed by atoms with Crippen LogP contribution >= 0.6 is 0 Å². The van der Waals surface area contributed by atoms with Crippen molar-refractivity contribution in [1.29, 1.82) is 0 Å². The standard InChI is InChI=1S/C59H46N5.Pt/c1-41-19-11-12-26-48(41)44-35-36-60-57(37-44)64-53-30-14-13-27-51(53)52-34-33-47(39-56(52)64)63(58-49(42-20-7-5-8-21-42)28-18-29-50(58)43-22-9-6-10-23-43)46-25-17-24-45(38-46)61-40-62(59(2,3)4)55-32-16-15-31-54(55)61;/h5-37,40H,1-4H3;/q-1;. The summed E-state index contributed by atoms with van der Waals surface area (Å²) in [5, 5.41) is 2.25. The van der Waals surface area contributed by atoms with E-state index in [1.54, 1.807) is 0 Å². The average Bonchev–Trinajstić information content (AvgIpc) is 3.89.